The second-order valence-corrected chi connectivity index (χ2v) is 4.31. The maximum atomic E-state index is 10.4. The predicted octanol–water partition coefficient (Wildman–Crippen LogP) is 0.774. The van der Waals surface area contributed by atoms with E-state index in [1.165, 1.54) is 0 Å². The molecule has 0 aromatic heterocycles. The fourth-order valence-corrected chi connectivity index (χ4v) is 2.35. The third-order valence-corrected chi connectivity index (χ3v) is 3.25. The molecule has 0 saturated carbocycles. The molecular weight excluding hydrogens is 174 g/mol. The summed E-state index contributed by atoms with van der Waals surface area (Å²) in [5, 5.41) is 0.679. The van der Waals surface area contributed by atoms with Gasteiger partial charge in [-0.15, -0.1) is 0 Å². The van der Waals surface area contributed by atoms with Crippen molar-refractivity contribution >= 4 is 17.7 Å². The van der Waals surface area contributed by atoms with E-state index in [1.807, 2.05) is 11.8 Å². The van der Waals surface area contributed by atoms with E-state index in [4.69, 9.17) is 10.5 Å². The number of amides is 1. The lowest BCUT2D eigenvalue weighted by Crippen LogP contribution is -2.19. The summed E-state index contributed by atoms with van der Waals surface area (Å²) in [6.07, 6.45) is 2.73. The standard InChI is InChI=1S/C8H15NO2S/c9-8(10)3-6-12-7-1-4-11-5-2-7/h7H,1-6H2,(H2,9,10). The number of hydrogen-bond donors (Lipinski definition) is 1. The summed E-state index contributed by atoms with van der Waals surface area (Å²) in [5.74, 6) is 0.662. The Kier molecular flexibility index (Phi) is 4.46. The average molecular weight is 189 g/mol. The first-order valence-electron chi connectivity index (χ1n) is 4.26. The zero-order chi connectivity index (χ0) is 8.81. The normalized spacial score (nSPS) is 19.3. The third kappa shape index (κ3) is 3.97. The average Bonchev–Trinajstić information content (AvgIpc) is 2.05. The molecule has 1 aliphatic rings. The van der Waals surface area contributed by atoms with Crippen LogP contribution < -0.4 is 5.73 Å². The van der Waals surface area contributed by atoms with Crippen molar-refractivity contribution in [1.82, 2.24) is 0 Å². The van der Waals surface area contributed by atoms with E-state index >= 15 is 0 Å². The molecule has 0 spiro atoms. The van der Waals surface area contributed by atoms with E-state index in [9.17, 15) is 4.79 Å². The lowest BCUT2D eigenvalue weighted by Gasteiger charge is -2.20. The van der Waals surface area contributed by atoms with Gasteiger partial charge in [0.1, 0.15) is 0 Å². The van der Waals surface area contributed by atoms with Gasteiger partial charge in [0.2, 0.25) is 5.91 Å². The minimum Gasteiger partial charge on any atom is -0.381 e. The van der Waals surface area contributed by atoms with E-state index in [0.717, 1.165) is 31.8 Å². The fourth-order valence-electron chi connectivity index (χ4n) is 1.17. The van der Waals surface area contributed by atoms with Gasteiger partial charge in [0.15, 0.2) is 0 Å². The van der Waals surface area contributed by atoms with Crippen LogP contribution in [0.15, 0.2) is 0 Å². The number of nitrogens with two attached hydrogens (primary N) is 1. The molecule has 2 N–H and O–H groups in total. The van der Waals surface area contributed by atoms with Crippen LogP contribution in [0, 0.1) is 0 Å². The van der Waals surface area contributed by atoms with Crippen molar-refractivity contribution in [3.05, 3.63) is 0 Å². The molecule has 12 heavy (non-hydrogen) atoms. The van der Waals surface area contributed by atoms with E-state index in [-0.39, 0.29) is 5.91 Å². The Hall–Kier alpha value is -0.220. The molecule has 0 radical (unpaired) electrons. The number of rotatable bonds is 4. The first-order chi connectivity index (χ1) is 5.79. The highest BCUT2D eigenvalue weighted by atomic mass is 32.2. The van der Waals surface area contributed by atoms with Gasteiger partial charge in [-0.1, -0.05) is 0 Å². The topological polar surface area (TPSA) is 52.3 Å². The van der Waals surface area contributed by atoms with Crippen LogP contribution in [-0.2, 0) is 9.53 Å². The number of primary amides is 1. The molecule has 1 saturated heterocycles. The van der Waals surface area contributed by atoms with Gasteiger partial charge in [-0.2, -0.15) is 11.8 Å². The van der Waals surface area contributed by atoms with Crippen molar-refractivity contribution in [2.75, 3.05) is 19.0 Å². The lowest BCUT2D eigenvalue weighted by molar-refractivity contribution is -0.117. The number of carbonyl (C=O) groups excluding carboxylic acids is 1. The summed E-state index contributed by atoms with van der Waals surface area (Å²) in [4.78, 5) is 10.4. The van der Waals surface area contributed by atoms with Crippen molar-refractivity contribution in [1.29, 1.82) is 0 Å². The van der Waals surface area contributed by atoms with Crippen LogP contribution in [0.2, 0.25) is 0 Å². The predicted molar refractivity (Wildman–Crippen MR) is 50.1 cm³/mol. The minimum absolute atomic E-state index is 0.199. The summed E-state index contributed by atoms with van der Waals surface area (Å²) in [7, 11) is 0. The first kappa shape index (κ1) is 9.86. The van der Waals surface area contributed by atoms with E-state index in [2.05, 4.69) is 0 Å². The molecule has 0 unspecified atom stereocenters. The van der Waals surface area contributed by atoms with Gasteiger partial charge in [-0.25, -0.2) is 0 Å². The molecule has 1 amide bonds. The molecule has 0 atom stereocenters. The quantitative estimate of drug-likeness (QED) is 0.711. The molecule has 1 fully saturated rings. The maximum absolute atomic E-state index is 10.4. The van der Waals surface area contributed by atoms with Gasteiger partial charge in [0, 0.05) is 30.6 Å². The van der Waals surface area contributed by atoms with Crippen LogP contribution in [0.25, 0.3) is 0 Å². The van der Waals surface area contributed by atoms with E-state index in [0.29, 0.717) is 11.7 Å². The number of carbonyl (C=O) groups is 1. The Morgan fingerprint density at radius 2 is 2.17 bits per heavy atom. The van der Waals surface area contributed by atoms with Crippen LogP contribution >= 0.6 is 11.8 Å². The summed E-state index contributed by atoms with van der Waals surface area (Å²) < 4.78 is 5.22. The fraction of sp³-hybridized carbons (Fsp3) is 0.875. The van der Waals surface area contributed by atoms with Crippen LogP contribution in [0.4, 0.5) is 0 Å². The summed E-state index contributed by atoms with van der Waals surface area (Å²) in [5.41, 5.74) is 5.03. The molecule has 0 aromatic carbocycles. The Morgan fingerprint density at radius 3 is 2.75 bits per heavy atom. The zero-order valence-electron chi connectivity index (χ0n) is 7.12. The van der Waals surface area contributed by atoms with Crippen molar-refractivity contribution in [3.63, 3.8) is 0 Å². The van der Waals surface area contributed by atoms with Crippen LogP contribution in [0.1, 0.15) is 19.3 Å². The summed E-state index contributed by atoms with van der Waals surface area (Å²) in [6.45, 7) is 1.74. The van der Waals surface area contributed by atoms with Gasteiger partial charge in [-0.3, -0.25) is 4.79 Å². The number of thioether (sulfide) groups is 1. The van der Waals surface area contributed by atoms with Crippen molar-refractivity contribution in [2.45, 2.75) is 24.5 Å². The van der Waals surface area contributed by atoms with E-state index in [1.54, 1.807) is 0 Å². The van der Waals surface area contributed by atoms with Gasteiger partial charge in [-0.05, 0) is 12.8 Å². The largest absolute Gasteiger partial charge is 0.381 e. The monoisotopic (exact) mass is 189 g/mol. The zero-order valence-corrected chi connectivity index (χ0v) is 7.94. The number of ether oxygens (including phenoxy) is 1. The van der Waals surface area contributed by atoms with Crippen LogP contribution in [0.5, 0.6) is 0 Å². The smallest absolute Gasteiger partial charge is 0.218 e. The van der Waals surface area contributed by atoms with Crippen molar-refractivity contribution < 1.29 is 9.53 Å². The second-order valence-electron chi connectivity index (χ2n) is 2.90. The molecular formula is C8H15NO2S. The molecule has 70 valence electrons. The maximum Gasteiger partial charge on any atom is 0.218 e. The third-order valence-electron chi connectivity index (χ3n) is 1.87. The molecule has 1 aliphatic heterocycles. The summed E-state index contributed by atoms with van der Waals surface area (Å²) in [6, 6.07) is 0. The molecule has 0 aromatic rings. The minimum atomic E-state index is -0.199. The SMILES string of the molecule is NC(=O)CCSC1CCOCC1. The van der Waals surface area contributed by atoms with Crippen molar-refractivity contribution in [2.24, 2.45) is 5.73 Å². The van der Waals surface area contributed by atoms with E-state index < -0.39 is 0 Å². The highest BCUT2D eigenvalue weighted by Gasteiger charge is 2.13. The molecule has 1 heterocycles. The highest BCUT2D eigenvalue weighted by molar-refractivity contribution is 7.99. The van der Waals surface area contributed by atoms with Gasteiger partial charge < -0.3 is 10.5 Å². The lowest BCUT2D eigenvalue weighted by atomic mass is 10.2. The molecule has 1 rings (SSSR count). The van der Waals surface area contributed by atoms with Gasteiger partial charge >= 0.3 is 0 Å². The Labute approximate surface area is 77.0 Å². The summed E-state index contributed by atoms with van der Waals surface area (Å²) >= 11 is 1.84. The molecule has 3 nitrogen and oxygen atoms in total. The highest BCUT2D eigenvalue weighted by Crippen LogP contribution is 2.22. The molecule has 0 bridgehead atoms. The van der Waals surface area contributed by atoms with Gasteiger partial charge in [0.05, 0.1) is 0 Å². The second kappa shape index (κ2) is 5.43. The number of hydrogen-bond acceptors (Lipinski definition) is 3. The van der Waals surface area contributed by atoms with Crippen LogP contribution in [0.3, 0.4) is 0 Å². The molecule has 0 aliphatic carbocycles. The molecule has 4 heteroatoms. The Morgan fingerprint density at radius 1 is 1.50 bits per heavy atom. The Balaban J connectivity index is 2.01. The van der Waals surface area contributed by atoms with Gasteiger partial charge in [0.25, 0.3) is 0 Å². The Bertz CT molecular complexity index is 146. The van der Waals surface area contributed by atoms with Crippen LogP contribution in [-0.4, -0.2) is 30.1 Å². The first-order valence-corrected chi connectivity index (χ1v) is 5.31. The van der Waals surface area contributed by atoms with Crippen molar-refractivity contribution in [3.8, 4) is 0 Å².